The zero-order valence-electron chi connectivity index (χ0n) is 9.32. The number of carboxylic acid groups (broad SMARTS) is 1. The lowest BCUT2D eigenvalue weighted by atomic mass is 10.1. The number of hydrogen-bond acceptors (Lipinski definition) is 3. The minimum absolute atomic E-state index is 0.199. The number of carbonyl (C=O) groups is 1. The minimum atomic E-state index is -1.43. The van der Waals surface area contributed by atoms with Crippen molar-refractivity contribution in [2.24, 2.45) is 0 Å². The average molecular weight is 285 g/mol. The first kappa shape index (κ1) is 13.2. The van der Waals surface area contributed by atoms with Crippen LogP contribution in [-0.2, 0) is 0 Å². The number of nitrogens with zero attached hydrogens (tertiary/aromatic N) is 1. The van der Waals surface area contributed by atoms with E-state index in [0.29, 0.717) is 0 Å². The van der Waals surface area contributed by atoms with Crippen LogP contribution in [0.5, 0.6) is 0 Å². The molecule has 2 aromatic rings. The van der Waals surface area contributed by atoms with Crippen molar-refractivity contribution in [2.75, 3.05) is 5.73 Å². The van der Waals surface area contributed by atoms with E-state index in [2.05, 4.69) is 4.98 Å². The zero-order valence-corrected chi connectivity index (χ0v) is 10.1. The molecule has 0 radical (unpaired) electrons. The van der Waals surface area contributed by atoms with E-state index in [-0.39, 0.29) is 11.3 Å². The first-order valence-corrected chi connectivity index (χ1v) is 5.43. The highest BCUT2D eigenvalue weighted by molar-refractivity contribution is 6.35. The molecular formula is C12H7ClF2N2O2. The fourth-order valence-corrected chi connectivity index (χ4v) is 1.71. The molecule has 1 aromatic carbocycles. The molecule has 0 bridgehead atoms. The lowest BCUT2D eigenvalue weighted by molar-refractivity contribution is 0.0691. The fraction of sp³-hybridized carbons (Fsp3) is 0. The fourth-order valence-electron chi connectivity index (χ4n) is 1.50. The Labute approximate surface area is 111 Å². The number of hydrogen-bond donors (Lipinski definition) is 2. The third kappa shape index (κ3) is 2.34. The summed E-state index contributed by atoms with van der Waals surface area (Å²) >= 11 is 5.61. The summed E-state index contributed by atoms with van der Waals surface area (Å²) in [4.78, 5) is 14.6. The standard InChI is InChI=1S/C12H7ClF2N2O2/c13-7-9(16)8(15)10(17-11(7)12(18)19)5-1-3-6(14)4-2-5/h1-4H,(H2,16,17)(H,18,19). The molecule has 0 spiro atoms. The number of halogens is 3. The Hall–Kier alpha value is -2.21. The molecule has 4 nitrogen and oxygen atoms in total. The quantitative estimate of drug-likeness (QED) is 0.889. The monoisotopic (exact) mass is 284 g/mol. The van der Waals surface area contributed by atoms with Crippen molar-refractivity contribution in [1.82, 2.24) is 4.98 Å². The number of benzene rings is 1. The van der Waals surface area contributed by atoms with E-state index in [0.717, 1.165) is 12.1 Å². The highest BCUT2D eigenvalue weighted by Crippen LogP contribution is 2.31. The summed E-state index contributed by atoms with van der Waals surface area (Å²) in [5.74, 6) is -2.88. The summed E-state index contributed by atoms with van der Waals surface area (Å²) in [6.07, 6.45) is 0. The molecule has 98 valence electrons. The number of nitrogens with two attached hydrogens (primary N) is 1. The average Bonchev–Trinajstić information content (AvgIpc) is 2.37. The maximum atomic E-state index is 13.9. The third-order valence-corrected chi connectivity index (χ3v) is 2.82. The Balaban J connectivity index is 2.70. The molecule has 7 heteroatoms. The molecule has 0 unspecified atom stereocenters. The largest absolute Gasteiger partial charge is 0.476 e. The molecule has 1 heterocycles. The molecule has 0 aliphatic heterocycles. The van der Waals surface area contributed by atoms with Gasteiger partial charge in [0, 0.05) is 5.56 Å². The summed E-state index contributed by atoms with van der Waals surface area (Å²) < 4.78 is 26.7. The molecule has 0 saturated carbocycles. The first-order chi connectivity index (χ1) is 8.91. The van der Waals surface area contributed by atoms with Crippen molar-refractivity contribution in [2.45, 2.75) is 0 Å². The number of anilines is 1. The van der Waals surface area contributed by atoms with Gasteiger partial charge in [-0.1, -0.05) is 11.6 Å². The highest BCUT2D eigenvalue weighted by atomic mass is 35.5. The second-order valence-corrected chi connectivity index (χ2v) is 4.04. The van der Waals surface area contributed by atoms with Gasteiger partial charge in [-0.05, 0) is 24.3 Å². The number of aromatic carboxylic acids is 1. The molecule has 0 fully saturated rings. The predicted octanol–water partition coefficient (Wildman–Crippen LogP) is 2.96. The van der Waals surface area contributed by atoms with Gasteiger partial charge in [-0.25, -0.2) is 18.6 Å². The molecular weight excluding hydrogens is 278 g/mol. The van der Waals surface area contributed by atoms with Gasteiger partial charge in [0.05, 0.1) is 10.7 Å². The van der Waals surface area contributed by atoms with Crippen molar-refractivity contribution >= 4 is 23.3 Å². The number of nitrogen functional groups attached to an aromatic ring is 1. The van der Waals surface area contributed by atoms with Crippen LogP contribution in [0, 0.1) is 11.6 Å². The second-order valence-electron chi connectivity index (χ2n) is 3.66. The lowest BCUT2D eigenvalue weighted by Gasteiger charge is -2.09. The Morgan fingerprint density at radius 3 is 2.37 bits per heavy atom. The normalized spacial score (nSPS) is 10.5. The Morgan fingerprint density at radius 2 is 1.84 bits per heavy atom. The van der Waals surface area contributed by atoms with Crippen molar-refractivity contribution in [1.29, 1.82) is 0 Å². The van der Waals surface area contributed by atoms with Gasteiger partial charge in [0.15, 0.2) is 11.5 Å². The Kier molecular flexibility index (Phi) is 3.35. The minimum Gasteiger partial charge on any atom is -0.476 e. The molecule has 0 saturated heterocycles. The van der Waals surface area contributed by atoms with Crippen molar-refractivity contribution in [3.63, 3.8) is 0 Å². The van der Waals surface area contributed by atoms with E-state index < -0.39 is 34.0 Å². The smallest absolute Gasteiger partial charge is 0.356 e. The molecule has 1 aromatic heterocycles. The molecule has 3 N–H and O–H groups in total. The van der Waals surface area contributed by atoms with Gasteiger partial charge in [-0.2, -0.15) is 0 Å². The molecule has 19 heavy (non-hydrogen) atoms. The van der Waals surface area contributed by atoms with E-state index in [1.165, 1.54) is 12.1 Å². The van der Waals surface area contributed by atoms with Crippen LogP contribution in [0.2, 0.25) is 5.02 Å². The van der Waals surface area contributed by atoms with Crippen LogP contribution in [-0.4, -0.2) is 16.1 Å². The van der Waals surface area contributed by atoms with E-state index in [1.54, 1.807) is 0 Å². The summed E-state index contributed by atoms with van der Waals surface area (Å²) in [5.41, 5.74) is 4.25. The number of rotatable bonds is 2. The predicted molar refractivity (Wildman–Crippen MR) is 66.0 cm³/mol. The van der Waals surface area contributed by atoms with Gasteiger partial charge in [-0.15, -0.1) is 0 Å². The number of pyridine rings is 1. The summed E-state index contributed by atoms with van der Waals surface area (Å²) in [5, 5.41) is 8.45. The van der Waals surface area contributed by atoms with Gasteiger partial charge < -0.3 is 10.8 Å². The van der Waals surface area contributed by atoms with Crippen LogP contribution in [0.15, 0.2) is 24.3 Å². The maximum Gasteiger partial charge on any atom is 0.356 e. The van der Waals surface area contributed by atoms with Crippen LogP contribution in [0.3, 0.4) is 0 Å². The van der Waals surface area contributed by atoms with E-state index in [9.17, 15) is 13.6 Å². The van der Waals surface area contributed by atoms with Crippen molar-refractivity contribution in [3.05, 3.63) is 46.6 Å². The van der Waals surface area contributed by atoms with Gasteiger partial charge >= 0.3 is 5.97 Å². The summed E-state index contributed by atoms with van der Waals surface area (Å²) in [7, 11) is 0. The van der Waals surface area contributed by atoms with Gasteiger partial charge in [0.2, 0.25) is 0 Å². The van der Waals surface area contributed by atoms with Crippen LogP contribution >= 0.6 is 11.6 Å². The van der Waals surface area contributed by atoms with E-state index >= 15 is 0 Å². The maximum absolute atomic E-state index is 13.9. The van der Waals surface area contributed by atoms with Crippen LogP contribution in [0.4, 0.5) is 14.5 Å². The molecule has 0 aliphatic carbocycles. The van der Waals surface area contributed by atoms with Crippen LogP contribution in [0.1, 0.15) is 10.5 Å². The topological polar surface area (TPSA) is 76.2 Å². The van der Waals surface area contributed by atoms with E-state index in [4.69, 9.17) is 22.4 Å². The number of aromatic nitrogens is 1. The lowest BCUT2D eigenvalue weighted by Crippen LogP contribution is -2.08. The zero-order chi connectivity index (χ0) is 14.2. The SMILES string of the molecule is Nc1c(F)c(-c2ccc(F)cc2)nc(C(=O)O)c1Cl. The molecule has 2 rings (SSSR count). The first-order valence-electron chi connectivity index (χ1n) is 5.05. The van der Waals surface area contributed by atoms with Crippen molar-refractivity contribution in [3.8, 4) is 11.3 Å². The Morgan fingerprint density at radius 1 is 1.26 bits per heavy atom. The van der Waals surface area contributed by atoms with Crippen LogP contribution < -0.4 is 5.73 Å². The van der Waals surface area contributed by atoms with E-state index in [1.807, 2.05) is 0 Å². The molecule has 0 atom stereocenters. The summed E-state index contributed by atoms with van der Waals surface area (Å²) in [6, 6.07) is 4.73. The molecule has 0 amide bonds. The van der Waals surface area contributed by atoms with Crippen LogP contribution in [0.25, 0.3) is 11.3 Å². The Bertz CT molecular complexity index is 660. The van der Waals surface area contributed by atoms with Gasteiger partial charge in [0.1, 0.15) is 11.5 Å². The second kappa shape index (κ2) is 4.81. The highest BCUT2D eigenvalue weighted by Gasteiger charge is 2.21. The molecule has 0 aliphatic rings. The van der Waals surface area contributed by atoms with Crippen molar-refractivity contribution < 1.29 is 18.7 Å². The van der Waals surface area contributed by atoms with Gasteiger partial charge in [-0.3, -0.25) is 0 Å². The third-order valence-electron chi connectivity index (χ3n) is 2.43. The number of carboxylic acids is 1. The van der Waals surface area contributed by atoms with Gasteiger partial charge in [0.25, 0.3) is 0 Å². The summed E-state index contributed by atoms with van der Waals surface area (Å²) in [6.45, 7) is 0.